The van der Waals surface area contributed by atoms with E-state index in [0.29, 0.717) is 13.3 Å². The van der Waals surface area contributed by atoms with Gasteiger partial charge >= 0.3 is 0 Å². The van der Waals surface area contributed by atoms with Gasteiger partial charge < -0.3 is 14.2 Å². The topological polar surface area (TPSA) is 30.9 Å². The predicted molar refractivity (Wildman–Crippen MR) is 89.8 cm³/mol. The van der Waals surface area contributed by atoms with Crippen LogP contribution in [0.2, 0.25) is 0 Å². The molecule has 4 rings (SSSR count). The quantitative estimate of drug-likeness (QED) is 0.850. The number of benzene rings is 2. The number of nitrogens with zero attached hydrogens (tertiary/aromatic N) is 1. The van der Waals surface area contributed by atoms with Gasteiger partial charge in [0.2, 0.25) is 0 Å². The third-order valence-corrected chi connectivity index (χ3v) is 4.28. The van der Waals surface area contributed by atoms with Gasteiger partial charge in [0.05, 0.1) is 12.7 Å². The zero-order valence-corrected chi connectivity index (χ0v) is 13.3. The molecule has 2 aromatic carbocycles. The van der Waals surface area contributed by atoms with Crippen molar-refractivity contribution in [1.29, 1.82) is 0 Å². The maximum absolute atomic E-state index is 6.09. The van der Waals surface area contributed by atoms with Crippen molar-refractivity contribution in [2.75, 3.05) is 27.5 Å². The lowest BCUT2D eigenvalue weighted by Gasteiger charge is -2.29. The molecular weight excluding hydrogens is 290 g/mol. The molecule has 2 aliphatic heterocycles. The molecule has 0 amide bonds. The van der Waals surface area contributed by atoms with Crippen molar-refractivity contribution in [2.45, 2.75) is 6.54 Å². The molecule has 0 unspecified atom stereocenters. The third-order valence-electron chi connectivity index (χ3n) is 4.28. The molecule has 0 saturated heterocycles. The summed E-state index contributed by atoms with van der Waals surface area (Å²) in [6, 6.07) is 12.2. The first kappa shape index (κ1) is 14.2. The molecule has 4 nitrogen and oxygen atoms in total. The number of hydrogen-bond acceptors (Lipinski definition) is 4. The van der Waals surface area contributed by atoms with E-state index in [1.807, 2.05) is 25.2 Å². The summed E-state index contributed by atoms with van der Waals surface area (Å²) >= 11 is 0. The number of ether oxygens (including phenoxy) is 3. The van der Waals surface area contributed by atoms with E-state index in [0.717, 1.165) is 40.5 Å². The van der Waals surface area contributed by atoms with Gasteiger partial charge in [0, 0.05) is 12.1 Å². The van der Waals surface area contributed by atoms with E-state index < -0.39 is 0 Å². The number of rotatable bonds is 2. The Labute approximate surface area is 135 Å². The Morgan fingerprint density at radius 2 is 1.87 bits per heavy atom. The van der Waals surface area contributed by atoms with Crippen LogP contribution in [0, 0.1) is 0 Å². The summed E-state index contributed by atoms with van der Waals surface area (Å²) in [5, 5.41) is 0. The van der Waals surface area contributed by atoms with Crippen LogP contribution in [0.4, 0.5) is 0 Å². The van der Waals surface area contributed by atoms with Crippen molar-refractivity contribution in [3.8, 4) is 17.2 Å². The molecule has 4 heteroatoms. The summed E-state index contributed by atoms with van der Waals surface area (Å²) < 4.78 is 17.1. The molecule has 0 fully saturated rings. The fourth-order valence-electron chi connectivity index (χ4n) is 3.04. The van der Waals surface area contributed by atoms with E-state index in [1.54, 1.807) is 7.11 Å². The highest BCUT2D eigenvalue weighted by Gasteiger charge is 2.23. The van der Waals surface area contributed by atoms with E-state index in [2.05, 4.69) is 29.2 Å². The highest BCUT2D eigenvalue weighted by atomic mass is 16.5. The summed E-state index contributed by atoms with van der Waals surface area (Å²) in [5.74, 6) is 2.75. The van der Waals surface area contributed by atoms with Crippen LogP contribution in [-0.4, -0.2) is 32.4 Å². The number of hydrogen-bond donors (Lipinski definition) is 0. The van der Waals surface area contributed by atoms with Gasteiger partial charge in [0.25, 0.3) is 0 Å². The van der Waals surface area contributed by atoms with Crippen LogP contribution in [-0.2, 0) is 6.54 Å². The molecule has 2 heterocycles. The van der Waals surface area contributed by atoms with Crippen LogP contribution in [0.15, 0.2) is 36.4 Å². The maximum Gasteiger partial charge on any atom is 0.142 e. The summed E-state index contributed by atoms with van der Waals surface area (Å²) in [7, 11) is 3.72. The van der Waals surface area contributed by atoms with Crippen LogP contribution in [0.5, 0.6) is 17.2 Å². The van der Waals surface area contributed by atoms with Gasteiger partial charge in [0.1, 0.15) is 30.6 Å². The molecule has 0 aliphatic carbocycles. The summed E-state index contributed by atoms with van der Waals surface area (Å²) in [6.07, 6.45) is 2.20. The molecule has 0 radical (unpaired) electrons. The highest BCUT2D eigenvalue weighted by molar-refractivity contribution is 5.86. The van der Waals surface area contributed by atoms with Crippen molar-refractivity contribution >= 4 is 11.6 Å². The fraction of sp³-hybridized carbons (Fsp3) is 0.263. The van der Waals surface area contributed by atoms with Crippen LogP contribution < -0.4 is 14.2 Å². The normalized spacial score (nSPS) is 16.5. The smallest absolute Gasteiger partial charge is 0.142 e. The molecule has 2 aliphatic rings. The summed E-state index contributed by atoms with van der Waals surface area (Å²) in [6.45, 7) is 2.04. The Morgan fingerprint density at radius 1 is 1.04 bits per heavy atom. The minimum Gasteiger partial charge on any atom is -0.497 e. The first-order valence-corrected chi connectivity index (χ1v) is 7.69. The zero-order chi connectivity index (χ0) is 15.8. The first-order chi connectivity index (χ1) is 11.2. The Bertz CT molecular complexity index is 765. The molecule has 0 spiro atoms. The van der Waals surface area contributed by atoms with Gasteiger partial charge in [-0.2, -0.15) is 0 Å². The number of fused-ring (bicyclic) bond motifs is 3. The fourth-order valence-corrected chi connectivity index (χ4v) is 3.04. The monoisotopic (exact) mass is 309 g/mol. The average Bonchev–Trinajstić information content (AvgIpc) is 2.61. The highest BCUT2D eigenvalue weighted by Crippen LogP contribution is 2.40. The molecular formula is C19H19NO3. The van der Waals surface area contributed by atoms with Crippen LogP contribution in [0.3, 0.4) is 0 Å². The minimum atomic E-state index is 0.569. The largest absolute Gasteiger partial charge is 0.497 e. The lowest BCUT2D eigenvalue weighted by atomic mass is 9.98. The molecule has 0 N–H and O–H groups in total. The van der Waals surface area contributed by atoms with E-state index in [-0.39, 0.29) is 0 Å². The van der Waals surface area contributed by atoms with Crippen molar-refractivity contribution < 1.29 is 14.2 Å². The van der Waals surface area contributed by atoms with Gasteiger partial charge in [-0.05, 0) is 48.5 Å². The van der Waals surface area contributed by atoms with Crippen LogP contribution >= 0.6 is 0 Å². The summed E-state index contributed by atoms with van der Waals surface area (Å²) in [5.41, 5.74) is 4.58. The Balaban J connectivity index is 1.71. The average molecular weight is 309 g/mol. The van der Waals surface area contributed by atoms with Crippen LogP contribution in [0.1, 0.15) is 16.7 Å². The van der Waals surface area contributed by atoms with Gasteiger partial charge in [-0.25, -0.2) is 0 Å². The van der Waals surface area contributed by atoms with E-state index >= 15 is 0 Å². The summed E-state index contributed by atoms with van der Waals surface area (Å²) in [4.78, 5) is 2.13. The van der Waals surface area contributed by atoms with Gasteiger partial charge in [-0.3, -0.25) is 4.90 Å². The van der Waals surface area contributed by atoms with Gasteiger partial charge in [-0.1, -0.05) is 12.1 Å². The Hall–Kier alpha value is -2.46. The first-order valence-electron chi connectivity index (χ1n) is 7.69. The third kappa shape index (κ3) is 2.55. The van der Waals surface area contributed by atoms with Gasteiger partial charge in [-0.15, -0.1) is 0 Å². The molecule has 0 bridgehead atoms. The SMILES string of the molecule is COc1ccc(C2=Cc3ccc4c(c3OC2)CN(C)CO4)cc1. The second-order valence-corrected chi connectivity index (χ2v) is 5.93. The van der Waals surface area contributed by atoms with Crippen molar-refractivity contribution in [3.63, 3.8) is 0 Å². The minimum absolute atomic E-state index is 0.569. The zero-order valence-electron chi connectivity index (χ0n) is 13.3. The van der Waals surface area contributed by atoms with E-state index in [4.69, 9.17) is 14.2 Å². The van der Waals surface area contributed by atoms with Gasteiger partial charge in [0.15, 0.2) is 0 Å². The Kier molecular flexibility index (Phi) is 3.46. The second kappa shape index (κ2) is 5.63. The van der Waals surface area contributed by atoms with Crippen LogP contribution in [0.25, 0.3) is 11.6 Å². The number of methoxy groups -OCH3 is 1. The van der Waals surface area contributed by atoms with E-state index in [9.17, 15) is 0 Å². The maximum atomic E-state index is 6.09. The lowest BCUT2D eigenvalue weighted by molar-refractivity contribution is 0.119. The molecule has 0 atom stereocenters. The predicted octanol–water partition coefficient (Wildman–Crippen LogP) is 3.41. The molecule has 23 heavy (non-hydrogen) atoms. The second-order valence-electron chi connectivity index (χ2n) is 5.93. The molecule has 2 aromatic rings. The van der Waals surface area contributed by atoms with Crippen molar-refractivity contribution in [1.82, 2.24) is 4.90 Å². The molecule has 0 saturated carbocycles. The standard InChI is InChI=1S/C19H19NO3/c1-20-10-17-18(23-12-20)8-5-14-9-15(11-22-19(14)17)13-3-6-16(21-2)7-4-13/h3-9H,10-12H2,1-2H3. The Morgan fingerprint density at radius 3 is 2.65 bits per heavy atom. The molecule has 118 valence electrons. The lowest BCUT2D eigenvalue weighted by Crippen LogP contribution is -2.29. The van der Waals surface area contributed by atoms with Crippen molar-refractivity contribution in [2.24, 2.45) is 0 Å². The molecule has 0 aromatic heterocycles. The van der Waals surface area contributed by atoms with Crippen molar-refractivity contribution in [3.05, 3.63) is 53.1 Å². The van der Waals surface area contributed by atoms with E-state index in [1.165, 1.54) is 5.57 Å².